The predicted molar refractivity (Wildman–Crippen MR) is 82.8 cm³/mol. The molecule has 0 bridgehead atoms. The first-order valence-electron chi connectivity index (χ1n) is 7.46. The molecule has 0 saturated heterocycles. The number of unbranched alkanes of at least 4 members (excludes halogenated alkanes) is 1. The smallest absolute Gasteiger partial charge is 0.222 e. The van der Waals surface area contributed by atoms with Crippen LogP contribution in [0.5, 0.6) is 0 Å². The van der Waals surface area contributed by atoms with Crippen LogP contribution in [0.3, 0.4) is 0 Å². The largest absolute Gasteiger partial charge is 0.394 e. The molecule has 3 rings (SSSR count). The van der Waals surface area contributed by atoms with Gasteiger partial charge in [-0.15, -0.1) is 0 Å². The number of pyridine rings is 1. The molecule has 4 N–H and O–H groups in total. The molecule has 6 heteroatoms. The zero-order valence-corrected chi connectivity index (χ0v) is 12.2. The van der Waals surface area contributed by atoms with Crippen molar-refractivity contribution < 1.29 is 5.11 Å². The van der Waals surface area contributed by atoms with Gasteiger partial charge in [0.2, 0.25) is 5.95 Å². The van der Waals surface area contributed by atoms with Crippen LogP contribution in [-0.2, 0) is 0 Å². The summed E-state index contributed by atoms with van der Waals surface area (Å²) in [4.78, 5) is 12.8. The Balaban J connectivity index is 1.88. The normalized spacial score (nSPS) is 24.2. The molecule has 112 valence electrons. The van der Waals surface area contributed by atoms with E-state index in [1.54, 1.807) is 6.20 Å². The van der Waals surface area contributed by atoms with E-state index < -0.39 is 0 Å². The van der Waals surface area contributed by atoms with Crippen molar-refractivity contribution in [3.63, 3.8) is 0 Å². The summed E-state index contributed by atoms with van der Waals surface area (Å²) >= 11 is 0. The van der Waals surface area contributed by atoms with Gasteiger partial charge in [-0.25, -0.2) is 4.98 Å². The third kappa shape index (κ3) is 2.63. The molecule has 0 aliphatic heterocycles. The summed E-state index contributed by atoms with van der Waals surface area (Å²) in [7, 11) is 0. The molecule has 0 unspecified atom stereocenters. The van der Waals surface area contributed by atoms with Gasteiger partial charge in [0.1, 0.15) is 5.52 Å². The molecule has 6 nitrogen and oxygen atoms in total. The average molecular weight is 287 g/mol. The van der Waals surface area contributed by atoms with Crippen molar-refractivity contribution in [1.82, 2.24) is 15.0 Å². The molecule has 0 aromatic carbocycles. The Kier molecular flexibility index (Phi) is 3.63. The highest BCUT2D eigenvalue weighted by molar-refractivity contribution is 5.86. The van der Waals surface area contributed by atoms with Gasteiger partial charge in [-0.05, 0) is 30.9 Å². The van der Waals surface area contributed by atoms with E-state index in [9.17, 15) is 5.11 Å². The molecule has 2 aromatic rings. The van der Waals surface area contributed by atoms with E-state index in [0.717, 1.165) is 12.8 Å². The van der Waals surface area contributed by atoms with Crippen LogP contribution in [0, 0.1) is 5.92 Å². The Morgan fingerprint density at radius 1 is 1.48 bits per heavy atom. The quantitative estimate of drug-likeness (QED) is 0.751. The molecular weight excluding hydrogens is 266 g/mol. The maximum atomic E-state index is 9.77. The number of aromatic nitrogens is 3. The maximum Gasteiger partial charge on any atom is 0.222 e. The Morgan fingerprint density at radius 3 is 3.10 bits per heavy atom. The van der Waals surface area contributed by atoms with Crippen LogP contribution >= 0.6 is 0 Å². The first-order valence-corrected chi connectivity index (χ1v) is 7.46. The number of anilines is 2. The van der Waals surface area contributed by atoms with Crippen molar-refractivity contribution in [2.45, 2.75) is 38.1 Å². The Labute approximate surface area is 123 Å². The van der Waals surface area contributed by atoms with Crippen LogP contribution < -0.4 is 11.1 Å². The third-order valence-corrected chi connectivity index (χ3v) is 4.26. The molecule has 1 aliphatic carbocycles. The maximum absolute atomic E-state index is 9.77. The lowest BCUT2D eigenvalue weighted by Gasteiger charge is -2.18. The van der Waals surface area contributed by atoms with Crippen LogP contribution in [-0.4, -0.2) is 32.2 Å². The minimum absolute atomic E-state index is 0.0968. The molecule has 1 fully saturated rings. The minimum Gasteiger partial charge on any atom is -0.394 e. The SMILES string of the molecule is CCCC[C@@H]1C[C@@]1(CO)Nc1nc(N)nc2cccnc12. The lowest BCUT2D eigenvalue weighted by molar-refractivity contribution is 0.255. The van der Waals surface area contributed by atoms with Crippen molar-refractivity contribution >= 4 is 22.8 Å². The van der Waals surface area contributed by atoms with E-state index in [1.807, 2.05) is 12.1 Å². The number of fused-ring (bicyclic) bond motifs is 1. The zero-order chi connectivity index (χ0) is 14.9. The first-order chi connectivity index (χ1) is 10.2. The van der Waals surface area contributed by atoms with Crippen molar-refractivity contribution in [3.05, 3.63) is 18.3 Å². The topological polar surface area (TPSA) is 97.0 Å². The van der Waals surface area contributed by atoms with Gasteiger partial charge in [0.05, 0.1) is 17.7 Å². The fourth-order valence-electron chi connectivity index (χ4n) is 2.90. The number of hydrogen-bond donors (Lipinski definition) is 3. The van der Waals surface area contributed by atoms with Gasteiger partial charge < -0.3 is 16.2 Å². The van der Waals surface area contributed by atoms with Crippen molar-refractivity contribution in [3.8, 4) is 0 Å². The Bertz CT molecular complexity index is 647. The highest BCUT2D eigenvalue weighted by atomic mass is 16.3. The number of rotatable bonds is 6. The van der Waals surface area contributed by atoms with Crippen molar-refractivity contribution in [2.75, 3.05) is 17.7 Å². The second-order valence-corrected chi connectivity index (χ2v) is 5.78. The number of nitrogens with two attached hydrogens (primary N) is 1. The zero-order valence-electron chi connectivity index (χ0n) is 12.2. The fourth-order valence-corrected chi connectivity index (χ4v) is 2.90. The molecule has 1 aliphatic rings. The van der Waals surface area contributed by atoms with E-state index in [-0.39, 0.29) is 18.1 Å². The molecule has 0 amide bonds. The summed E-state index contributed by atoms with van der Waals surface area (Å²) in [6, 6.07) is 3.68. The summed E-state index contributed by atoms with van der Waals surface area (Å²) in [5.74, 6) is 1.32. The van der Waals surface area contributed by atoms with E-state index in [2.05, 4.69) is 27.2 Å². The van der Waals surface area contributed by atoms with E-state index >= 15 is 0 Å². The highest BCUT2D eigenvalue weighted by Gasteiger charge is 2.53. The van der Waals surface area contributed by atoms with E-state index in [1.165, 1.54) is 12.8 Å². The molecule has 2 atom stereocenters. The molecule has 1 saturated carbocycles. The monoisotopic (exact) mass is 287 g/mol. The van der Waals surface area contributed by atoms with Gasteiger partial charge in [0, 0.05) is 6.20 Å². The van der Waals surface area contributed by atoms with Crippen LogP contribution in [0.1, 0.15) is 32.6 Å². The van der Waals surface area contributed by atoms with Gasteiger partial charge >= 0.3 is 0 Å². The van der Waals surface area contributed by atoms with Crippen LogP contribution in [0.15, 0.2) is 18.3 Å². The van der Waals surface area contributed by atoms with Crippen LogP contribution in [0.2, 0.25) is 0 Å². The van der Waals surface area contributed by atoms with Crippen molar-refractivity contribution in [1.29, 1.82) is 0 Å². The third-order valence-electron chi connectivity index (χ3n) is 4.26. The summed E-state index contributed by atoms with van der Waals surface area (Å²) in [5.41, 5.74) is 6.90. The number of aliphatic hydroxyl groups is 1. The number of nitrogens with one attached hydrogen (secondary N) is 1. The van der Waals surface area contributed by atoms with Gasteiger partial charge in [0.25, 0.3) is 0 Å². The lowest BCUT2D eigenvalue weighted by Crippen LogP contribution is -2.29. The van der Waals surface area contributed by atoms with Gasteiger partial charge in [-0.3, -0.25) is 4.98 Å². The predicted octanol–water partition coefficient (Wildman–Crippen LogP) is 1.96. The molecule has 0 spiro atoms. The minimum atomic E-state index is -0.277. The molecule has 2 heterocycles. The van der Waals surface area contributed by atoms with Crippen LogP contribution in [0.4, 0.5) is 11.8 Å². The second kappa shape index (κ2) is 5.44. The number of nitrogens with zero attached hydrogens (tertiary/aromatic N) is 3. The Hall–Kier alpha value is -1.95. The molecular formula is C15H21N5O. The highest BCUT2D eigenvalue weighted by Crippen LogP contribution is 2.49. The molecule has 21 heavy (non-hydrogen) atoms. The van der Waals surface area contributed by atoms with Crippen molar-refractivity contribution in [2.24, 2.45) is 5.92 Å². The number of nitrogen functional groups attached to an aromatic ring is 1. The summed E-state index contributed by atoms with van der Waals surface area (Å²) in [6.07, 6.45) is 6.14. The molecule has 0 radical (unpaired) electrons. The average Bonchev–Trinajstić information content (AvgIpc) is 3.18. The van der Waals surface area contributed by atoms with E-state index in [0.29, 0.717) is 22.8 Å². The van der Waals surface area contributed by atoms with Crippen LogP contribution in [0.25, 0.3) is 11.0 Å². The summed E-state index contributed by atoms with van der Waals surface area (Å²) in [5, 5.41) is 13.1. The van der Waals surface area contributed by atoms with Gasteiger partial charge in [0.15, 0.2) is 5.82 Å². The van der Waals surface area contributed by atoms with E-state index in [4.69, 9.17) is 5.73 Å². The first kappa shape index (κ1) is 14.0. The second-order valence-electron chi connectivity index (χ2n) is 5.78. The lowest BCUT2D eigenvalue weighted by atomic mass is 10.1. The standard InChI is InChI=1S/C15H21N5O/c1-2-3-5-10-8-15(10,9-21)20-13-12-11(6-4-7-17-12)18-14(16)19-13/h4,6-7,10,21H,2-3,5,8-9H2,1H3,(H3,16,18,19,20)/t10-,15+/m1/s1. The number of hydrogen-bond acceptors (Lipinski definition) is 6. The van der Waals surface area contributed by atoms with Gasteiger partial charge in [-0.1, -0.05) is 19.8 Å². The number of aliphatic hydroxyl groups excluding tert-OH is 1. The summed E-state index contributed by atoms with van der Waals surface area (Å²) in [6.45, 7) is 2.28. The van der Waals surface area contributed by atoms with Gasteiger partial charge in [-0.2, -0.15) is 4.98 Å². The molecule has 2 aromatic heterocycles. The summed E-state index contributed by atoms with van der Waals surface area (Å²) < 4.78 is 0. The fraction of sp³-hybridized carbons (Fsp3) is 0.533. The Morgan fingerprint density at radius 2 is 2.33 bits per heavy atom.